The van der Waals surface area contributed by atoms with Crippen LogP contribution in [-0.2, 0) is 10.0 Å². The van der Waals surface area contributed by atoms with E-state index in [1.807, 2.05) is 20.8 Å². The minimum absolute atomic E-state index is 0.157. The third-order valence-corrected chi connectivity index (χ3v) is 4.38. The highest BCUT2D eigenvalue weighted by molar-refractivity contribution is 7.89. The van der Waals surface area contributed by atoms with Crippen molar-refractivity contribution < 1.29 is 8.42 Å². The van der Waals surface area contributed by atoms with Crippen LogP contribution in [0.15, 0.2) is 29.2 Å². The van der Waals surface area contributed by atoms with Gasteiger partial charge >= 0.3 is 0 Å². The Hall–Kier alpha value is -1.11. The first-order valence-corrected chi connectivity index (χ1v) is 6.90. The van der Waals surface area contributed by atoms with E-state index in [9.17, 15) is 8.42 Å². The SMILES string of the molecule is CCC(C)(C)NS(=O)(=O)c1ccccc1NN. The number of hydrogen-bond acceptors (Lipinski definition) is 4. The molecule has 17 heavy (non-hydrogen) atoms. The highest BCUT2D eigenvalue weighted by Gasteiger charge is 2.26. The van der Waals surface area contributed by atoms with Gasteiger partial charge in [-0.3, -0.25) is 5.84 Å². The van der Waals surface area contributed by atoms with Crippen molar-refractivity contribution in [3.63, 3.8) is 0 Å². The number of rotatable bonds is 5. The molecule has 6 heteroatoms. The van der Waals surface area contributed by atoms with Crippen LogP contribution in [0, 0.1) is 0 Å². The molecule has 0 aliphatic rings. The summed E-state index contributed by atoms with van der Waals surface area (Å²) in [6.07, 6.45) is 0.699. The number of nitrogens with two attached hydrogens (primary N) is 1. The van der Waals surface area contributed by atoms with Crippen LogP contribution in [0.25, 0.3) is 0 Å². The van der Waals surface area contributed by atoms with Crippen LogP contribution < -0.4 is 16.0 Å². The molecule has 0 radical (unpaired) electrons. The van der Waals surface area contributed by atoms with Crippen molar-refractivity contribution in [2.24, 2.45) is 5.84 Å². The number of nitrogens with one attached hydrogen (secondary N) is 2. The molecule has 0 bridgehead atoms. The van der Waals surface area contributed by atoms with E-state index in [-0.39, 0.29) is 4.90 Å². The number of hydrogen-bond donors (Lipinski definition) is 3. The maximum Gasteiger partial charge on any atom is 0.243 e. The van der Waals surface area contributed by atoms with E-state index in [2.05, 4.69) is 10.1 Å². The topological polar surface area (TPSA) is 84.2 Å². The van der Waals surface area contributed by atoms with Crippen molar-refractivity contribution in [2.75, 3.05) is 5.43 Å². The van der Waals surface area contributed by atoms with Gasteiger partial charge in [0.1, 0.15) is 4.90 Å². The number of hydrazine groups is 1. The zero-order chi connectivity index (χ0) is 13.1. The van der Waals surface area contributed by atoms with Crippen LogP contribution in [0.4, 0.5) is 5.69 Å². The van der Waals surface area contributed by atoms with Crippen LogP contribution in [0.5, 0.6) is 0 Å². The van der Waals surface area contributed by atoms with Crippen molar-refractivity contribution in [1.82, 2.24) is 4.72 Å². The molecule has 0 aliphatic heterocycles. The van der Waals surface area contributed by atoms with Crippen LogP contribution in [0.1, 0.15) is 27.2 Å². The first-order chi connectivity index (χ1) is 7.82. The molecule has 0 spiro atoms. The molecule has 4 N–H and O–H groups in total. The Morgan fingerprint density at radius 1 is 1.29 bits per heavy atom. The second kappa shape index (κ2) is 5.03. The minimum Gasteiger partial charge on any atom is -0.323 e. The molecule has 0 amide bonds. The zero-order valence-corrected chi connectivity index (χ0v) is 11.1. The van der Waals surface area contributed by atoms with Crippen molar-refractivity contribution in [2.45, 2.75) is 37.6 Å². The fourth-order valence-electron chi connectivity index (χ4n) is 1.31. The van der Waals surface area contributed by atoms with E-state index in [0.717, 1.165) is 0 Å². The molecule has 0 saturated heterocycles. The molecule has 5 nitrogen and oxygen atoms in total. The summed E-state index contributed by atoms with van der Waals surface area (Å²) in [4.78, 5) is 0.157. The number of anilines is 1. The predicted octanol–water partition coefficient (Wildman–Crippen LogP) is 1.44. The summed E-state index contributed by atoms with van der Waals surface area (Å²) in [6.45, 7) is 5.60. The van der Waals surface area contributed by atoms with Gasteiger partial charge in [-0.15, -0.1) is 0 Å². The summed E-state index contributed by atoms with van der Waals surface area (Å²) in [7, 11) is -3.57. The number of nitrogen functional groups attached to an aromatic ring is 1. The zero-order valence-electron chi connectivity index (χ0n) is 10.3. The fraction of sp³-hybridized carbons (Fsp3) is 0.455. The molecule has 1 rings (SSSR count). The molecule has 0 heterocycles. The number of benzene rings is 1. The lowest BCUT2D eigenvalue weighted by Gasteiger charge is -2.24. The van der Waals surface area contributed by atoms with Gasteiger partial charge in [0.15, 0.2) is 0 Å². The summed E-state index contributed by atoms with van der Waals surface area (Å²) in [5.74, 6) is 5.30. The van der Waals surface area contributed by atoms with Crippen LogP contribution in [0.3, 0.4) is 0 Å². The molecule has 0 atom stereocenters. The van der Waals surface area contributed by atoms with Crippen molar-refractivity contribution in [3.05, 3.63) is 24.3 Å². The third-order valence-electron chi connectivity index (χ3n) is 2.63. The third kappa shape index (κ3) is 3.42. The lowest BCUT2D eigenvalue weighted by atomic mass is 10.0. The molecule has 0 saturated carbocycles. The van der Waals surface area contributed by atoms with Crippen molar-refractivity contribution in [1.29, 1.82) is 0 Å². The van der Waals surface area contributed by atoms with Crippen molar-refractivity contribution >= 4 is 15.7 Å². The van der Waals surface area contributed by atoms with Gasteiger partial charge in [0.2, 0.25) is 10.0 Å². The average molecular weight is 257 g/mol. The molecule has 0 unspecified atom stereocenters. The highest BCUT2D eigenvalue weighted by atomic mass is 32.2. The smallest absolute Gasteiger partial charge is 0.243 e. The lowest BCUT2D eigenvalue weighted by Crippen LogP contribution is -2.42. The molecule has 96 valence electrons. The normalized spacial score (nSPS) is 12.5. The Labute approximate surface area is 102 Å². The van der Waals surface area contributed by atoms with Gasteiger partial charge in [-0.2, -0.15) is 0 Å². The van der Waals surface area contributed by atoms with Crippen molar-refractivity contribution in [3.8, 4) is 0 Å². The quantitative estimate of drug-likeness (QED) is 0.550. The van der Waals surface area contributed by atoms with Gasteiger partial charge in [0.05, 0.1) is 5.69 Å². The molecule has 0 aromatic heterocycles. The molecular formula is C11H19N3O2S. The monoisotopic (exact) mass is 257 g/mol. The van der Waals surface area contributed by atoms with E-state index < -0.39 is 15.6 Å². The number of para-hydroxylation sites is 1. The number of sulfonamides is 1. The first-order valence-electron chi connectivity index (χ1n) is 5.42. The Morgan fingerprint density at radius 2 is 1.88 bits per heavy atom. The molecule has 0 aliphatic carbocycles. The average Bonchev–Trinajstić information content (AvgIpc) is 2.28. The summed E-state index contributed by atoms with van der Waals surface area (Å²) in [5.41, 5.74) is 2.28. The second-order valence-corrected chi connectivity index (χ2v) is 6.13. The van der Waals surface area contributed by atoms with Gasteiger partial charge in [0.25, 0.3) is 0 Å². The van der Waals surface area contributed by atoms with E-state index >= 15 is 0 Å². The van der Waals surface area contributed by atoms with E-state index in [4.69, 9.17) is 5.84 Å². The standard InChI is InChI=1S/C11H19N3O2S/c1-4-11(2,3)14-17(15,16)10-8-6-5-7-9(10)13-12/h5-8,13-14H,4,12H2,1-3H3. The lowest BCUT2D eigenvalue weighted by molar-refractivity contribution is 0.439. The molecule has 1 aromatic rings. The van der Waals surface area contributed by atoms with Gasteiger partial charge in [-0.05, 0) is 32.4 Å². The summed E-state index contributed by atoms with van der Waals surface area (Å²) >= 11 is 0. The van der Waals surface area contributed by atoms with Gasteiger partial charge in [-0.1, -0.05) is 19.1 Å². The van der Waals surface area contributed by atoms with E-state index in [1.54, 1.807) is 18.2 Å². The maximum atomic E-state index is 12.2. The Balaban J connectivity index is 3.14. The minimum atomic E-state index is -3.57. The van der Waals surface area contributed by atoms with Gasteiger partial charge in [0, 0.05) is 5.54 Å². The Bertz CT molecular complexity index is 483. The van der Waals surface area contributed by atoms with Crippen LogP contribution >= 0.6 is 0 Å². The highest BCUT2D eigenvalue weighted by Crippen LogP contribution is 2.22. The largest absolute Gasteiger partial charge is 0.323 e. The molecule has 1 aromatic carbocycles. The van der Waals surface area contributed by atoms with Crippen LogP contribution in [0.2, 0.25) is 0 Å². The summed E-state index contributed by atoms with van der Waals surface area (Å²) < 4.78 is 27.0. The van der Waals surface area contributed by atoms with Gasteiger partial charge in [-0.25, -0.2) is 13.1 Å². The Morgan fingerprint density at radius 3 is 2.41 bits per heavy atom. The Kier molecular flexibility index (Phi) is 4.13. The molecular weight excluding hydrogens is 238 g/mol. The van der Waals surface area contributed by atoms with Crippen LogP contribution in [-0.4, -0.2) is 14.0 Å². The summed E-state index contributed by atoms with van der Waals surface area (Å²) in [6, 6.07) is 6.52. The first kappa shape index (κ1) is 14.0. The van der Waals surface area contributed by atoms with E-state index in [0.29, 0.717) is 12.1 Å². The second-order valence-electron chi connectivity index (χ2n) is 4.48. The van der Waals surface area contributed by atoms with E-state index in [1.165, 1.54) is 6.07 Å². The molecule has 0 fully saturated rings. The summed E-state index contributed by atoms with van der Waals surface area (Å²) in [5, 5.41) is 0. The predicted molar refractivity (Wildman–Crippen MR) is 68.9 cm³/mol. The van der Waals surface area contributed by atoms with Gasteiger partial charge < -0.3 is 5.43 Å². The maximum absolute atomic E-state index is 12.2. The fourth-order valence-corrected chi connectivity index (χ4v) is 2.97.